The zero-order valence-corrected chi connectivity index (χ0v) is 10.2. The molecule has 0 aliphatic carbocycles. The Morgan fingerprint density at radius 1 is 1.00 bits per heavy atom. The van der Waals surface area contributed by atoms with E-state index in [0.29, 0.717) is 0 Å². The Morgan fingerprint density at radius 3 is 1.92 bits per heavy atom. The first kappa shape index (κ1) is 13.1. The minimum Gasteiger partial charge on any atom is -0.396 e. The van der Waals surface area contributed by atoms with Gasteiger partial charge in [-0.2, -0.15) is 0 Å². The average Bonchev–Trinajstić information content (AvgIpc) is 2.03. The van der Waals surface area contributed by atoms with Crippen LogP contribution in [-0.4, -0.2) is 31.5 Å². The number of hydrogen-bond donors (Lipinski definition) is 2. The van der Waals surface area contributed by atoms with E-state index in [1.165, 1.54) is 12.5 Å². The van der Waals surface area contributed by atoms with Crippen LogP contribution in [0.3, 0.4) is 0 Å². The minimum absolute atomic E-state index is 0.113. The van der Waals surface area contributed by atoms with Gasteiger partial charge in [-0.3, -0.25) is 0 Å². The second-order valence-corrected chi connectivity index (χ2v) is 10.7. The van der Waals surface area contributed by atoms with Crippen molar-refractivity contribution in [3.8, 4) is 0 Å². The van der Waals surface area contributed by atoms with Crippen molar-refractivity contribution in [2.24, 2.45) is 5.92 Å². The Balaban J connectivity index is 3.34. The second kappa shape index (κ2) is 6.57. The van der Waals surface area contributed by atoms with Gasteiger partial charge in [0.15, 0.2) is 0 Å². The van der Waals surface area contributed by atoms with E-state index in [9.17, 15) is 0 Å². The summed E-state index contributed by atoms with van der Waals surface area (Å²) in [6.07, 6.45) is 3.37. The fraction of sp³-hybridized carbons (Fsp3) is 1.00. The summed E-state index contributed by atoms with van der Waals surface area (Å²) in [6.45, 7) is 7.39. The number of aliphatic hydroxyl groups excluding tert-OH is 2. The van der Waals surface area contributed by atoms with Crippen LogP contribution in [0.4, 0.5) is 0 Å². The number of aliphatic hydroxyl groups is 2. The van der Waals surface area contributed by atoms with Crippen LogP contribution >= 0.6 is 0 Å². The molecule has 0 spiro atoms. The highest BCUT2D eigenvalue weighted by atomic mass is 28.3. The molecule has 0 aliphatic rings. The molecule has 0 heterocycles. The Hall–Kier alpha value is 0.137. The SMILES string of the molecule is C[Si](C)(C)CCCCC(CO)CO. The molecule has 0 rings (SSSR count). The first-order valence-electron chi connectivity index (χ1n) is 5.21. The maximum atomic E-state index is 8.83. The first-order chi connectivity index (χ1) is 5.99. The van der Waals surface area contributed by atoms with Gasteiger partial charge in [-0.15, -0.1) is 0 Å². The number of hydrogen-bond acceptors (Lipinski definition) is 2. The van der Waals surface area contributed by atoms with Gasteiger partial charge in [0.1, 0.15) is 0 Å². The molecule has 0 aliphatic heterocycles. The first-order valence-corrected chi connectivity index (χ1v) is 8.92. The van der Waals surface area contributed by atoms with Crippen molar-refractivity contribution in [3.63, 3.8) is 0 Å². The van der Waals surface area contributed by atoms with E-state index < -0.39 is 8.07 Å². The molecule has 0 unspecified atom stereocenters. The Morgan fingerprint density at radius 2 is 1.54 bits per heavy atom. The molecule has 2 N–H and O–H groups in total. The highest BCUT2D eigenvalue weighted by Crippen LogP contribution is 2.16. The largest absolute Gasteiger partial charge is 0.396 e. The van der Waals surface area contributed by atoms with Gasteiger partial charge < -0.3 is 10.2 Å². The molecule has 0 atom stereocenters. The highest BCUT2D eigenvalue weighted by Gasteiger charge is 2.12. The predicted molar refractivity (Wildman–Crippen MR) is 59.7 cm³/mol. The Kier molecular flexibility index (Phi) is 6.64. The smallest absolute Gasteiger partial charge is 0.0481 e. The highest BCUT2D eigenvalue weighted by molar-refractivity contribution is 6.76. The summed E-state index contributed by atoms with van der Waals surface area (Å²) < 4.78 is 0. The Labute approximate surface area is 83.0 Å². The summed E-state index contributed by atoms with van der Waals surface area (Å²) in [5.41, 5.74) is 0. The van der Waals surface area contributed by atoms with Gasteiger partial charge in [-0.1, -0.05) is 38.5 Å². The van der Waals surface area contributed by atoms with E-state index in [4.69, 9.17) is 10.2 Å². The molecule has 0 aromatic carbocycles. The van der Waals surface area contributed by atoms with Gasteiger partial charge in [0.2, 0.25) is 0 Å². The summed E-state index contributed by atoms with van der Waals surface area (Å²) in [4.78, 5) is 0. The molecular formula is C10H24O2Si. The van der Waals surface area contributed by atoms with E-state index >= 15 is 0 Å². The molecule has 0 saturated heterocycles. The molecule has 0 radical (unpaired) electrons. The van der Waals surface area contributed by atoms with Crippen molar-refractivity contribution < 1.29 is 10.2 Å². The lowest BCUT2D eigenvalue weighted by Gasteiger charge is -2.16. The monoisotopic (exact) mass is 204 g/mol. The summed E-state index contributed by atoms with van der Waals surface area (Å²) in [5, 5.41) is 17.7. The average molecular weight is 204 g/mol. The molecule has 0 aromatic rings. The van der Waals surface area contributed by atoms with Gasteiger partial charge >= 0.3 is 0 Å². The summed E-state index contributed by atoms with van der Waals surface area (Å²) in [6, 6.07) is 1.36. The maximum absolute atomic E-state index is 8.83. The quantitative estimate of drug-likeness (QED) is 0.492. The van der Waals surface area contributed by atoms with E-state index in [2.05, 4.69) is 19.6 Å². The van der Waals surface area contributed by atoms with Crippen LogP contribution in [0.15, 0.2) is 0 Å². The van der Waals surface area contributed by atoms with Crippen molar-refractivity contribution in [1.82, 2.24) is 0 Å². The van der Waals surface area contributed by atoms with Crippen LogP contribution in [0, 0.1) is 5.92 Å². The van der Waals surface area contributed by atoms with Gasteiger partial charge in [-0.05, 0) is 6.42 Å². The molecule has 0 amide bonds. The molecule has 3 heteroatoms. The van der Waals surface area contributed by atoms with E-state index in [1.54, 1.807) is 0 Å². The predicted octanol–water partition coefficient (Wildman–Crippen LogP) is 2.10. The minimum atomic E-state index is -0.875. The van der Waals surface area contributed by atoms with Crippen molar-refractivity contribution in [1.29, 1.82) is 0 Å². The van der Waals surface area contributed by atoms with Crippen LogP contribution in [0.25, 0.3) is 0 Å². The zero-order chi connectivity index (χ0) is 10.3. The van der Waals surface area contributed by atoms with Crippen LogP contribution < -0.4 is 0 Å². The van der Waals surface area contributed by atoms with Crippen molar-refractivity contribution in [2.45, 2.75) is 44.9 Å². The van der Waals surface area contributed by atoms with Crippen molar-refractivity contribution >= 4 is 8.07 Å². The lowest BCUT2D eigenvalue weighted by atomic mass is 10.0. The molecule has 0 aromatic heterocycles. The van der Waals surface area contributed by atoms with Crippen LogP contribution in [0.2, 0.25) is 25.7 Å². The van der Waals surface area contributed by atoms with Crippen LogP contribution in [0.5, 0.6) is 0 Å². The molecule has 0 fully saturated rings. The fourth-order valence-corrected chi connectivity index (χ4v) is 2.64. The third kappa shape index (κ3) is 8.47. The van der Waals surface area contributed by atoms with Gasteiger partial charge in [0.05, 0.1) is 0 Å². The lowest BCUT2D eigenvalue weighted by molar-refractivity contribution is 0.142. The van der Waals surface area contributed by atoms with Gasteiger partial charge in [0.25, 0.3) is 0 Å². The molecular weight excluding hydrogens is 180 g/mol. The van der Waals surface area contributed by atoms with Gasteiger partial charge in [0, 0.05) is 27.2 Å². The molecule has 0 bridgehead atoms. The third-order valence-electron chi connectivity index (χ3n) is 2.31. The third-order valence-corrected chi connectivity index (χ3v) is 4.16. The summed E-state index contributed by atoms with van der Waals surface area (Å²) in [7, 11) is -0.875. The molecule has 80 valence electrons. The maximum Gasteiger partial charge on any atom is 0.0481 e. The standard InChI is InChI=1S/C10H24O2Si/c1-13(2,3)7-5-4-6-10(8-11)9-12/h10-12H,4-9H2,1-3H3. The zero-order valence-electron chi connectivity index (χ0n) is 9.21. The molecule has 0 saturated carbocycles. The normalized spacial score (nSPS) is 12.5. The second-order valence-electron chi connectivity index (χ2n) is 5.04. The molecule has 13 heavy (non-hydrogen) atoms. The molecule has 2 nitrogen and oxygen atoms in total. The number of rotatable bonds is 7. The van der Waals surface area contributed by atoms with Crippen LogP contribution in [0.1, 0.15) is 19.3 Å². The van der Waals surface area contributed by atoms with E-state index in [0.717, 1.165) is 12.8 Å². The lowest BCUT2D eigenvalue weighted by Crippen LogP contribution is -2.19. The van der Waals surface area contributed by atoms with Crippen molar-refractivity contribution in [2.75, 3.05) is 13.2 Å². The van der Waals surface area contributed by atoms with E-state index in [-0.39, 0.29) is 19.1 Å². The number of unbranched alkanes of at least 4 members (excludes halogenated alkanes) is 1. The van der Waals surface area contributed by atoms with Crippen molar-refractivity contribution in [3.05, 3.63) is 0 Å². The summed E-state index contributed by atoms with van der Waals surface area (Å²) >= 11 is 0. The summed E-state index contributed by atoms with van der Waals surface area (Å²) in [5.74, 6) is 0.113. The van der Waals surface area contributed by atoms with Gasteiger partial charge in [-0.25, -0.2) is 0 Å². The topological polar surface area (TPSA) is 40.5 Å². The fourth-order valence-electron chi connectivity index (χ4n) is 1.33. The van der Waals surface area contributed by atoms with Crippen LogP contribution in [-0.2, 0) is 0 Å². The Bertz CT molecular complexity index is 117. The van der Waals surface area contributed by atoms with E-state index in [1.807, 2.05) is 0 Å².